The smallest absolute Gasteiger partial charge is 0.0390 e. The molecular weight excluding hydrogens is 225 g/mol. The van der Waals surface area contributed by atoms with E-state index in [0.29, 0.717) is 5.92 Å². The number of aliphatic imine (C=N–C) groups is 1. The van der Waals surface area contributed by atoms with Gasteiger partial charge >= 0.3 is 0 Å². The highest BCUT2D eigenvalue weighted by molar-refractivity contribution is 7.40. The van der Waals surface area contributed by atoms with E-state index < -0.39 is 0 Å². The topological polar surface area (TPSA) is 12.4 Å². The second-order valence-corrected chi connectivity index (χ2v) is 5.73. The predicted molar refractivity (Wildman–Crippen MR) is 79.2 cm³/mol. The fourth-order valence-corrected chi connectivity index (χ4v) is 2.46. The molecule has 1 nitrogen and oxygen atoms in total. The Morgan fingerprint density at radius 3 is 2.76 bits per heavy atom. The molecular formula is C15H20NP. The number of allylic oxidation sites excluding steroid dienone is 7. The lowest BCUT2D eigenvalue weighted by Crippen LogP contribution is -2.00. The lowest BCUT2D eigenvalue weighted by Gasteiger charge is -2.15. The van der Waals surface area contributed by atoms with Gasteiger partial charge in [0.1, 0.15) is 0 Å². The van der Waals surface area contributed by atoms with Crippen LogP contribution in [-0.4, -0.2) is 5.45 Å². The van der Waals surface area contributed by atoms with Crippen LogP contribution in [0.15, 0.2) is 51.7 Å². The summed E-state index contributed by atoms with van der Waals surface area (Å²) in [7, 11) is 2.75. The van der Waals surface area contributed by atoms with Gasteiger partial charge in [-0.3, -0.25) is 4.99 Å². The van der Waals surface area contributed by atoms with Gasteiger partial charge in [0.25, 0.3) is 0 Å². The second kappa shape index (κ2) is 5.14. The molecule has 0 radical (unpaired) electrons. The van der Waals surface area contributed by atoms with Crippen molar-refractivity contribution < 1.29 is 0 Å². The minimum atomic E-state index is 0.510. The summed E-state index contributed by atoms with van der Waals surface area (Å²) < 4.78 is 0. The SMILES string of the molecule is CC1=CC=C2C(=CC1)CC(P)=NC=C2C(C)C. The largest absolute Gasteiger partial charge is 0.261 e. The van der Waals surface area contributed by atoms with Gasteiger partial charge in [-0.2, -0.15) is 0 Å². The van der Waals surface area contributed by atoms with Crippen LogP contribution in [0.2, 0.25) is 0 Å². The molecule has 0 saturated carbocycles. The Hall–Kier alpha value is -0.940. The van der Waals surface area contributed by atoms with Crippen LogP contribution in [0.5, 0.6) is 0 Å². The summed E-state index contributed by atoms with van der Waals surface area (Å²) in [4.78, 5) is 4.52. The van der Waals surface area contributed by atoms with Gasteiger partial charge in [0.05, 0.1) is 0 Å². The summed E-state index contributed by atoms with van der Waals surface area (Å²) in [5.74, 6) is 0.510. The maximum Gasteiger partial charge on any atom is 0.0390 e. The summed E-state index contributed by atoms with van der Waals surface area (Å²) in [5, 5.41) is 0. The molecule has 0 bridgehead atoms. The highest BCUT2D eigenvalue weighted by Crippen LogP contribution is 2.33. The number of rotatable bonds is 1. The average molecular weight is 245 g/mol. The van der Waals surface area contributed by atoms with Crippen molar-refractivity contribution in [1.82, 2.24) is 0 Å². The van der Waals surface area contributed by atoms with Crippen LogP contribution in [0.3, 0.4) is 0 Å². The molecule has 0 aromatic carbocycles. The van der Waals surface area contributed by atoms with Gasteiger partial charge in [0.2, 0.25) is 0 Å². The quantitative estimate of drug-likeness (QED) is 0.607. The van der Waals surface area contributed by atoms with Gasteiger partial charge in [-0.25, -0.2) is 0 Å². The van der Waals surface area contributed by atoms with E-state index in [1.165, 1.54) is 22.3 Å². The van der Waals surface area contributed by atoms with Gasteiger partial charge in [-0.1, -0.05) is 46.9 Å². The van der Waals surface area contributed by atoms with Crippen molar-refractivity contribution in [2.45, 2.75) is 33.6 Å². The molecule has 0 spiro atoms. The van der Waals surface area contributed by atoms with E-state index in [4.69, 9.17) is 0 Å². The molecule has 2 rings (SSSR count). The third-order valence-corrected chi connectivity index (χ3v) is 3.58. The van der Waals surface area contributed by atoms with Crippen LogP contribution in [0.25, 0.3) is 0 Å². The molecule has 1 aliphatic carbocycles. The van der Waals surface area contributed by atoms with Gasteiger partial charge in [0, 0.05) is 18.1 Å². The first-order valence-electron chi connectivity index (χ1n) is 6.17. The first kappa shape index (κ1) is 12.5. The molecule has 1 aliphatic heterocycles. The number of hydrogen-bond acceptors (Lipinski definition) is 1. The highest BCUT2D eigenvalue weighted by atomic mass is 31.0. The van der Waals surface area contributed by atoms with Gasteiger partial charge in [0.15, 0.2) is 0 Å². The van der Waals surface area contributed by atoms with E-state index in [-0.39, 0.29) is 0 Å². The number of nitrogens with zero attached hydrogens (tertiary/aromatic N) is 1. The van der Waals surface area contributed by atoms with E-state index in [2.05, 4.69) is 53.2 Å². The fourth-order valence-electron chi connectivity index (χ4n) is 2.17. The second-order valence-electron chi connectivity index (χ2n) is 5.06. The molecule has 0 amide bonds. The molecule has 17 heavy (non-hydrogen) atoms. The van der Waals surface area contributed by atoms with Crippen molar-refractivity contribution in [3.63, 3.8) is 0 Å². The standard InChI is InChI=1S/C15H20NP/c1-10(2)14-9-16-15(17)8-12-6-4-11(3)5-7-13(12)14/h5-7,9-10H,4,8,17H2,1-3H3. The normalized spacial score (nSPS) is 20.4. The first-order valence-corrected chi connectivity index (χ1v) is 6.75. The van der Waals surface area contributed by atoms with Crippen molar-refractivity contribution >= 4 is 14.7 Å². The van der Waals surface area contributed by atoms with E-state index in [0.717, 1.165) is 18.3 Å². The van der Waals surface area contributed by atoms with Crippen molar-refractivity contribution in [2.75, 3.05) is 0 Å². The lowest BCUT2D eigenvalue weighted by atomic mass is 9.90. The fraction of sp³-hybridized carbons (Fsp3) is 0.400. The van der Waals surface area contributed by atoms with Crippen LogP contribution in [0.4, 0.5) is 0 Å². The molecule has 0 aromatic rings. The molecule has 0 aromatic heterocycles. The van der Waals surface area contributed by atoms with Crippen LogP contribution >= 0.6 is 9.24 Å². The van der Waals surface area contributed by atoms with E-state index in [9.17, 15) is 0 Å². The van der Waals surface area contributed by atoms with Crippen LogP contribution in [-0.2, 0) is 0 Å². The van der Waals surface area contributed by atoms with Crippen molar-refractivity contribution in [2.24, 2.45) is 10.9 Å². The van der Waals surface area contributed by atoms with Crippen molar-refractivity contribution in [3.05, 3.63) is 46.7 Å². The Morgan fingerprint density at radius 1 is 1.29 bits per heavy atom. The molecule has 0 N–H and O–H groups in total. The first-order chi connectivity index (χ1) is 8.08. The predicted octanol–water partition coefficient (Wildman–Crippen LogP) is 4.41. The molecule has 1 atom stereocenters. The molecule has 90 valence electrons. The molecule has 2 aliphatic rings. The summed E-state index contributed by atoms with van der Waals surface area (Å²) in [6, 6.07) is 0. The number of hydrogen-bond donors (Lipinski definition) is 0. The Kier molecular flexibility index (Phi) is 3.79. The summed E-state index contributed by atoms with van der Waals surface area (Å²) >= 11 is 0. The van der Waals surface area contributed by atoms with Gasteiger partial charge in [-0.05, 0) is 36.0 Å². The number of fused-ring (bicyclic) bond motifs is 1. The summed E-state index contributed by atoms with van der Waals surface area (Å²) in [6.07, 6.45) is 10.9. The Bertz CT molecular complexity index is 473. The Morgan fingerprint density at radius 2 is 2.06 bits per heavy atom. The van der Waals surface area contributed by atoms with E-state index >= 15 is 0 Å². The monoisotopic (exact) mass is 245 g/mol. The zero-order valence-corrected chi connectivity index (χ0v) is 12.0. The third-order valence-electron chi connectivity index (χ3n) is 3.22. The lowest BCUT2D eigenvalue weighted by molar-refractivity contribution is 0.777. The zero-order chi connectivity index (χ0) is 12.4. The van der Waals surface area contributed by atoms with Crippen LogP contribution in [0, 0.1) is 5.92 Å². The maximum atomic E-state index is 4.52. The molecule has 1 unspecified atom stereocenters. The van der Waals surface area contributed by atoms with Crippen molar-refractivity contribution in [1.29, 1.82) is 0 Å². The minimum Gasteiger partial charge on any atom is -0.261 e. The van der Waals surface area contributed by atoms with Gasteiger partial charge < -0.3 is 0 Å². The Balaban J connectivity index is 2.50. The van der Waals surface area contributed by atoms with Crippen LogP contribution < -0.4 is 0 Å². The minimum absolute atomic E-state index is 0.510. The summed E-state index contributed by atoms with van der Waals surface area (Å²) in [5.41, 5.74) is 6.68. The average Bonchev–Trinajstić information content (AvgIpc) is 2.52. The molecule has 1 heterocycles. The summed E-state index contributed by atoms with van der Waals surface area (Å²) in [6.45, 7) is 6.65. The van der Waals surface area contributed by atoms with E-state index in [1.54, 1.807) is 0 Å². The molecule has 0 fully saturated rings. The maximum absolute atomic E-state index is 4.52. The Labute approximate surface area is 106 Å². The van der Waals surface area contributed by atoms with Gasteiger partial charge in [-0.15, -0.1) is 0 Å². The zero-order valence-electron chi connectivity index (χ0n) is 10.8. The van der Waals surface area contributed by atoms with Crippen molar-refractivity contribution in [3.8, 4) is 0 Å². The highest BCUT2D eigenvalue weighted by Gasteiger charge is 2.18. The molecule has 2 heteroatoms. The van der Waals surface area contributed by atoms with Crippen LogP contribution in [0.1, 0.15) is 33.6 Å². The third kappa shape index (κ3) is 2.84. The van der Waals surface area contributed by atoms with E-state index in [1.807, 2.05) is 6.20 Å². The molecule has 0 saturated heterocycles.